The van der Waals surface area contributed by atoms with Gasteiger partial charge in [-0.2, -0.15) is 4.37 Å². The maximum absolute atomic E-state index is 4.66. The number of hydrogen-bond acceptors (Lipinski definition) is 5. The van der Waals surface area contributed by atoms with Crippen molar-refractivity contribution in [1.82, 2.24) is 14.3 Å². The van der Waals surface area contributed by atoms with Crippen LogP contribution in [-0.2, 0) is 0 Å². The molecule has 16 heavy (non-hydrogen) atoms. The Balaban J connectivity index is 1.81. The Morgan fingerprint density at radius 3 is 2.56 bits per heavy atom. The Kier molecular flexibility index (Phi) is 2.59. The first-order valence-electron chi connectivity index (χ1n) is 5.97. The van der Waals surface area contributed by atoms with Gasteiger partial charge < -0.3 is 9.80 Å². The van der Waals surface area contributed by atoms with Gasteiger partial charge >= 0.3 is 0 Å². The number of nitrogens with zero attached hydrogens (tertiary/aromatic N) is 4. The first-order chi connectivity index (χ1) is 7.74. The molecule has 0 amide bonds. The molecular weight excluding hydrogens is 220 g/mol. The van der Waals surface area contributed by atoms with Gasteiger partial charge in [0, 0.05) is 26.6 Å². The predicted octanol–water partition coefficient (Wildman–Crippen LogP) is 1.41. The van der Waals surface area contributed by atoms with Crippen molar-refractivity contribution in [3.05, 3.63) is 5.01 Å². The lowest BCUT2D eigenvalue weighted by Crippen LogP contribution is -2.46. The monoisotopic (exact) mass is 238 g/mol. The van der Waals surface area contributed by atoms with E-state index in [2.05, 4.69) is 14.3 Å². The third-order valence-electron chi connectivity index (χ3n) is 3.80. The Hall–Kier alpha value is -0.680. The molecule has 0 N–H and O–H groups in total. The Labute approximate surface area is 100 Å². The lowest BCUT2D eigenvalue weighted by atomic mass is 9.79. The van der Waals surface area contributed by atoms with E-state index in [1.807, 2.05) is 19.0 Å². The SMILES string of the molecule is CN(C)c1nsc(C2CN3CCC2CC3)n1. The van der Waals surface area contributed by atoms with Crippen molar-refractivity contribution in [1.29, 1.82) is 0 Å². The average molecular weight is 238 g/mol. The van der Waals surface area contributed by atoms with Crippen LogP contribution < -0.4 is 4.90 Å². The molecule has 3 aliphatic rings. The van der Waals surface area contributed by atoms with Crippen LogP contribution in [0.1, 0.15) is 23.8 Å². The minimum absolute atomic E-state index is 0.647. The summed E-state index contributed by atoms with van der Waals surface area (Å²) < 4.78 is 4.41. The van der Waals surface area contributed by atoms with Crippen LogP contribution in [0.5, 0.6) is 0 Å². The molecule has 1 aromatic rings. The van der Waals surface area contributed by atoms with E-state index in [0.29, 0.717) is 5.92 Å². The van der Waals surface area contributed by atoms with Gasteiger partial charge in [0.15, 0.2) is 0 Å². The number of rotatable bonds is 2. The summed E-state index contributed by atoms with van der Waals surface area (Å²) in [4.78, 5) is 9.22. The summed E-state index contributed by atoms with van der Waals surface area (Å²) in [7, 11) is 4.00. The van der Waals surface area contributed by atoms with E-state index < -0.39 is 0 Å². The zero-order valence-electron chi connectivity index (χ0n) is 9.89. The molecule has 0 aliphatic carbocycles. The lowest BCUT2D eigenvalue weighted by molar-refractivity contribution is 0.0870. The standard InChI is InChI=1S/C11H18N4S/c1-14(2)11-12-10(16-13-11)9-7-15-5-3-8(9)4-6-15/h8-9H,3-7H2,1-2H3. The smallest absolute Gasteiger partial charge is 0.236 e. The van der Waals surface area contributed by atoms with E-state index >= 15 is 0 Å². The Morgan fingerprint density at radius 1 is 1.31 bits per heavy atom. The zero-order valence-corrected chi connectivity index (χ0v) is 10.7. The van der Waals surface area contributed by atoms with E-state index in [4.69, 9.17) is 0 Å². The highest BCUT2D eigenvalue weighted by Crippen LogP contribution is 2.39. The van der Waals surface area contributed by atoms with Gasteiger partial charge in [-0.1, -0.05) is 0 Å². The summed E-state index contributed by atoms with van der Waals surface area (Å²) >= 11 is 1.59. The minimum Gasteiger partial charge on any atom is -0.346 e. The molecule has 4 nitrogen and oxygen atoms in total. The first-order valence-corrected chi connectivity index (χ1v) is 6.74. The maximum atomic E-state index is 4.66. The summed E-state index contributed by atoms with van der Waals surface area (Å²) in [5, 5.41) is 1.25. The Bertz CT molecular complexity index is 368. The highest BCUT2D eigenvalue weighted by molar-refractivity contribution is 7.05. The molecule has 5 heteroatoms. The van der Waals surface area contributed by atoms with Gasteiger partial charge in [0.05, 0.1) is 0 Å². The first kappa shape index (κ1) is 10.5. The molecule has 0 aromatic carbocycles. The van der Waals surface area contributed by atoms with Crippen molar-refractivity contribution in [2.24, 2.45) is 5.92 Å². The number of aromatic nitrogens is 2. The summed E-state index contributed by atoms with van der Waals surface area (Å²) in [5.41, 5.74) is 0. The molecule has 1 atom stereocenters. The fraction of sp³-hybridized carbons (Fsp3) is 0.818. The molecule has 2 bridgehead atoms. The highest BCUT2D eigenvalue weighted by atomic mass is 32.1. The number of fused-ring (bicyclic) bond motifs is 3. The van der Waals surface area contributed by atoms with Crippen LogP contribution in [0.2, 0.25) is 0 Å². The van der Waals surface area contributed by atoms with Crippen LogP contribution in [0, 0.1) is 5.92 Å². The van der Waals surface area contributed by atoms with Crippen molar-refractivity contribution in [2.45, 2.75) is 18.8 Å². The normalized spacial score (nSPS) is 33.0. The molecule has 1 aromatic heterocycles. The Morgan fingerprint density at radius 2 is 2.06 bits per heavy atom. The second-order valence-corrected chi connectivity index (χ2v) is 5.85. The van der Waals surface area contributed by atoms with E-state index in [9.17, 15) is 0 Å². The number of hydrogen-bond donors (Lipinski definition) is 0. The van der Waals surface area contributed by atoms with Crippen molar-refractivity contribution < 1.29 is 0 Å². The van der Waals surface area contributed by atoms with Crippen molar-refractivity contribution in [2.75, 3.05) is 38.6 Å². The van der Waals surface area contributed by atoms with E-state index in [0.717, 1.165) is 11.9 Å². The van der Waals surface area contributed by atoms with Crippen molar-refractivity contribution in [3.63, 3.8) is 0 Å². The molecular formula is C11H18N4S. The fourth-order valence-electron chi connectivity index (χ4n) is 2.80. The summed E-state index contributed by atoms with van der Waals surface area (Å²) in [6.45, 7) is 3.79. The van der Waals surface area contributed by atoms with Gasteiger partial charge in [0.1, 0.15) is 5.01 Å². The highest BCUT2D eigenvalue weighted by Gasteiger charge is 2.36. The number of anilines is 1. The topological polar surface area (TPSA) is 32.3 Å². The van der Waals surface area contributed by atoms with Crippen molar-refractivity contribution >= 4 is 17.5 Å². The van der Waals surface area contributed by atoms with Crippen LogP contribution in [0.4, 0.5) is 5.95 Å². The molecule has 0 radical (unpaired) electrons. The summed E-state index contributed by atoms with van der Waals surface area (Å²) in [6.07, 6.45) is 2.70. The van der Waals surface area contributed by atoms with Crippen LogP contribution >= 0.6 is 11.5 Å². The van der Waals surface area contributed by atoms with E-state index in [-0.39, 0.29) is 0 Å². The third-order valence-corrected chi connectivity index (χ3v) is 4.64. The predicted molar refractivity (Wildman–Crippen MR) is 66.1 cm³/mol. The molecule has 3 aliphatic heterocycles. The number of piperidine rings is 3. The minimum atomic E-state index is 0.647. The van der Waals surface area contributed by atoms with Crippen LogP contribution in [-0.4, -0.2) is 48.0 Å². The molecule has 0 spiro atoms. The molecule has 3 saturated heterocycles. The average Bonchev–Trinajstić information content (AvgIpc) is 2.80. The van der Waals surface area contributed by atoms with Crippen LogP contribution in [0.15, 0.2) is 0 Å². The van der Waals surface area contributed by atoms with Gasteiger partial charge in [-0.25, -0.2) is 4.98 Å². The maximum Gasteiger partial charge on any atom is 0.236 e. The molecule has 4 heterocycles. The van der Waals surface area contributed by atoms with Gasteiger partial charge in [-0.3, -0.25) is 0 Å². The van der Waals surface area contributed by atoms with Gasteiger partial charge in [0.2, 0.25) is 5.95 Å². The van der Waals surface area contributed by atoms with E-state index in [1.54, 1.807) is 11.5 Å². The van der Waals surface area contributed by atoms with Crippen LogP contribution in [0.25, 0.3) is 0 Å². The van der Waals surface area contributed by atoms with Gasteiger partial charge in [-0.05, 0) is 43.4 Å². The lowest BCUT2D eigenvalue weighted by Gasteiger charge is -2.43. The summed E-state index contributed by atoms with van der Waals surface area (Å²) in [6, 6.07) is 0. The second kappa shape index (κ2) is 3.96. The zero-order chi connectivity index (χ0) is 11.1. The van der Waals surface area contributed by atoms with E-state index in [1.165, 1.54) is 37.5 Å². The largest absolute Gasteiger partial charge is 0.346 e. The van der Waals surface area contributed by atoms with Gasteiger partial charge in [0.25, 0.3) is 0 Å². The molecule has 88 valence electrons. The molecule has 4 rings (SSSR count). The molecule has 1 unspecified atom stereocenters. The molecule has 3 fully saturated rings. The molecule has 0 saturated carbocycles. The quantitative estimate of drug-likeness (QED) is 0.780. The summed E-state index contributed by atoms with van der Waals surface area (Å²) in [5.74, 6) is 2.37. The fourth-order valence-corrected chi connectivity index (χ4v) is 3.71. The van der Waals surface area contributed by atoms with Crippen LogP contribution in [0.3, 0.4) is 0 Å². The van der Waals surface area contributed by atoms with Gasteiger partial charge in [-0.15, -0.1) is 0 Å². The van der Waals surface area contributed by atoms with Crippen molar-refractivity contribution in [3.8, 4) is 0 Å². The third kappa shape index (κ3) is 1.72. The second-order valence-electron chi connectivity index (χ2n) is 5.07.